The molecule has 0 bridgehead atoms. The maximum Gasteiger partial charge on any atom is 0.328 e. The predicted octanol–water partition coefficient (Wildman–Crippen LogP) is 0.623. The molecular weight excluding hydrogens is 256 g/mol. The van der Waals surface area contributed by atoms with Gasteiger partial charge in [-0.25, -0.2) is 9.59 Å². The van der Waals surface area contributed by atoms with Gasteiger partial charge in [-0.05, 0) is 25.4 Å². The van der Waals surface area contributed by atoms with E-state index in [2.05, 4.69) is 5.32 Å². The van der Waals surface area contributed by atoms with Gasteiger partial charge in [-0.1, -0.05) is 0 Å². The van der Waals surface area contributed by atoms with Crippen molar-refractivity contribution in [1.29, 1.82) is 0 Å². The van der Waals surface area contributed by atoms with Gasteiger partial charge in [0.2, 0.25) is 0 Å². The van der Waals surface area contributed by atoms with Gasteiger partial charge in [0.05, 0.1) is 13.2 Å². The van der Waals surface area contributed by atoms with E-state index in [9.17, 15) is 9.59 Å². The molecule has 1 saturated heterocycles. The van der Waals surface area contributed by atoms with Crippen molar-refractivity contribution in [3.8, 4) is 0 Å². The highest BCUT2D eigenvalue weighted by Crippen LogP contribution is 2.08. The van der Waals surface area contributed by atoms with E-state index in [4.69, 9.17) is 9.84 Å². The first-order valence-electron chi connectivity index (χ1n) is 5.93. The van der Waals surface area contributed by atoms with Crippen LogP contribution >= 0.6 is 11.8 Å². The van der Waals surface area contributed by atoms with Gasteiger partial charge in [0.1, 0.15) is 0 Å². The smallest absolute Gasteiger partial charge is 0.328 e. The van der Waals surface area contributed by atoms with E-state index in [1.807, 2.05) is 13.2 Å². The first-order chi connectivity index (χ1) is 8.56. The number of morpholine rings is 1. The van der Waals surface area contributed by atoms with E-state index in [1.165, 1.54) is 4.90 Å². The minimum atomic E-state index is -1.03. The third kappa shape index (κ3) is 4.38. The molecule has 0 radical (unpaired) electrons. The van der Waals surface area contributed by atoms with Crippen LogP contribution < -0.4 is 5.32 Å². The molecule has 0 spiro atoms. The lowest BCUT2D eigenvalue weighted by Crippen LogP contribution is -2.56. The minimum Gasteiger partial charge on any atom is -0.480 e. The lowest BCUT2D eigenvalue weighted by Gasteiger charge is -2.33. The van der Waals surface area contributed by atoms with Crippen molar-refractivity contribution in [1.82, 2.24) is 10.2 Å². The summed E-state index contributed by atoms with van der Waals surface area (Å²) in [6.45, 7) is 2.68. The number of nitrogens with zero attached hydrogens (tertiary/aromatic N) is 1. The van der Waals surface area contributed by atoms with Crippen molar-refractivity contribution in [2.75, 3.05) is 31.8 Å². The summed E-state index contributed by atoms with van der Waals surface area (Å²) in [5.74, 6) is -0.0611. The number of ether oxygens (including phenoxy) is 1. The number of rotatable bonds is 5. The molecule has 2 amide bonds. The second-order valence-electron chi connectivity index (χ2n) is 4.25. The molecule has 1 rings (SSSR count). The predicted molar refractivity (Wildman–Crippen MR) is 69.9 cm³/mol. The van der Waals surface area contributed by atoms with Gasteiger partial charge in [0, 0.05) is 12.6 Å². The summed E-state index contributed by atoms with van der Waals surface area (Å²) in [7, 11) is 0. The monoisotopic (exact) mass is 276 g/mol. The third-order valence-electron chi connectivity index (χ3n) is 2.80. The van der Waals surface area contributed by atoms with Crippen LogP contribution in [0, 0.1) is 0 Å². The number of hydrogen-bond acceptors (Lipinski definition) is 4. The highest BCUT2D eigenvalue weighted by molar-refractivity contribution is 7.98. The summed E-state index contributed by atoms with van der Waals surface area (Å²) in [6.07, 6.45) is 2.88. The molecule has 2 unspecified atom stereocenters. The number of carboxylic acids is 1. The van der Waals surface area contributed by atoms with E-state index in [1.54, 1.807) is 11.8 Å². The summed E-state index contributed by atoms with van der Waals surface area (Å²) in [6, 6.07) is -1.16. The number of carbonyl (C=O) groups is 2. The van der Waals surface area contributed by atoms with Crippen LogP contribution in [0.1, 0.15) is 13.3 Å². The van der Waals surface area contributed by atoms with Crippen molar-refractivity contribution in [3.63, 3.8) is 0 Å². The number of thioether (sulfide) groups is 1. The lowest BCUT2D eigenvalue weighted by molar-refractivity contribution is -0.147. The van der Waals surface area contributed by atoms with Gasteiger partial charge in [-0.15, -0.1) is 0 Å². The largest absolute Gasteiger partial charge is 0.480 e. The van der Waals surface area contributed by atoms with Gasteiger partial charge >= 0.3 is 12.0 Å². The molecule has 104 valence electrons. The molecule has 2 N–H and O–H groups in total. The molecule has 6 nitrogen and oxygen atoms in total. The Hall–Kier alpha value is -0.950. The molecule has 1 aliphatic heterocycles. The fourth-order valence-electron chi connectivity index (χ4n) is 1.71. The Bertz CT molecular complexity index is 301. The number of carboxylic acid groups (broad SMARTS) is 1. The van der Waals surface area contributed by atoms with Crippen LogP contribution in [0.3, 0.4) is 0 Å². The fraction of sp³-hybridized carbons (Fsp3) is 0.818. The molecule has 0 aliphatic carbocycles. The average Bonchev–Trinajstić information content (AvgIpc) is 2.36. The topological polar surface area (TPSA) is 78.9 Å². The van der Waals surface area contributed by atoms with E-state index in [0.717, 1.165) is 12.2 Å². The molecule has 18 heavy (non-hydrogen) atoms. The van der Waals surface area contributed by atoms with E-state index in [0.29, 0.717) is 13.2 Å². The summed E-state index contributed by atoms with van der Waals surface area (Å²) >= 11 is 1.72. The number of aliphatic carboxylic acids is 1. The van der Waals surface area contributed by atoms with Gasteiger partial charge in [0.15, 0.2) is 6.04 Å². The van der Waals surface area contributed by atoms with Crippen molar-refractivity contribution in [2.45, 2.75) is 25.4 Å². The number of urea groups is 1. The second-order valence-corrected chi connectivity index (χ2v) is 5.24. The van der Waals surface area contributed by atoms with Crippen molar-refractivity contribution < 1.29 is 19.4 Å². The fourth-order valence-corrected chi connectivity index (χ4v) is 2.30. The summed E-state index contributed by atoms with van der Waals surface area (Å²) in [5.41, 5.74) is 0. The van der Waals surface area contributed by atoms with Gasteiger partial charge < -0.3 is 20.1 Å². The number of carbonyl (C=O) groups excluding carboxylic acids is 1. The van der Waals surface area contributed by atoms with Crippen LogP contribution in [0.4, 0.5) is 4.79 Å². The standard InChI is InChI=1S/C11H20N2O4S/c1-8(3-6-18-2)12-11(16)13-4-5-17-7-9(13)10(14)15/h8-9H,3-7H2,1-2H3,(H,12,16)(H,14,15). The first kappa shape index (κ1) is 15.1. The molecule has 1 aliphatic rings. The van der Waals surface area contributed by atoms with Crippen LogP contribution in [0.25, 0.3) is 0 Å². The molecule has 0 aromatic rings. The molecule has 0 aromatic carbocycles. The Morgan fingerprint density at radius 2 is 2.33 bits per heavy atom. The molecule has 7 heteroatoms. The third-order valence-corrected chi connectivity index (χ3v) is 3.44. The summed E-state index contributed by atoms with van der Waals surface area (Å²) in [5, 5.41) is 11.9. The van der Waals surface area contributed by atoms with E-state index in [-0.39, 0.29) is 18.7 Å². The van der Waals surface area contributed by atoms with Crippen LogP contribution in [-0.2, 0) is 9.53 Å². The molecule has 1 fully saturated rings. The second kappa shape index (κ2) is 7.48. The van der Waals surface area contributed by atoms with Crippen LogP contribution in [-0.4, -0.2) is 65.9 Å². The van der Waals surface area contributed by atoms with E-state index < -0.39 is 12.0 Å². The zero-order valence-corrected chi connectivity index (χ0v) is 11.5. The van der Waals surface area contributed by atoms with Gasteiger partial charge in [0.25, 0.3) is 0 Å². The summed E-state index contributed by atoms with van der Waals surface area (Å²) < 4.78 is 5.09. The molecular formula is C11H20N2O4S. The van der Waals surface area contributed by atoms with Crippen molar-refractivity contribution >= 4 is 23.8 Å². The number of hydrogen-bond donors (Lipinski definition) is 2. The Balaban J connectivity index is 2.50. The highest BCUT2D eigenvalue weighted by Gasteiger charge is 2.33. The minimum absolute atomic E-state index is 0.0437. The van der Waals surface area contributed by atoms with Crippen LogP contribution in [0.15, 0.2) is 0 Å². The molecule has 0 aromatic heterocycles. The van der Waals surface area contributed by atoms with Crippen molar-refractivity contribution in [2.24, 2.45) is 0 Å². The summed E-state index contributed by atoms with van der Waals surface area (Å²) in [4.78, 5) is 24.3. The Morgan fingerprint density at radius 3 is 2.94 bits per heavy atom. The zero-order valence-electron chi connectivity index (χ0n) is 10.7. The Morgan fingerprint density at radius 1 is 1.61 bits per heavy atom. The molecule has 0 saturated carbocycles. The van der Waals surface area contributed by atoms with Gasteiger partial charge in [-0.2, -0.15) is 11.8 Å². The maximum atomic E-state index is 12.0. The van der Waals surface area contributed by atoms with Crippen LogP contribution in [0.5, 0.6) is 0 Å². The van der Waals surface area contributed by atoms with Crippen LogP contribution in [0.2, 0.25) is 0 Å². The van der Waals surface area contributed by atoms with E-state index >= 15 is 0 Å². The maximum absolute atomic E-state index is 12.0. The number of amides is 2. The molecule has 2 atom stereocenters. The Kier molecular flexibility index (Phi) is 6.28. The van der Waals surface area contributed by atoms with Gasteiger partial charge in [-0.3, -0.25) is 0 Å². The number of nitrogens with one attached hydrogen (secondary N) is 1. The lowest BCUT2D eigenvalue weighted by atomic mass is 10.2. The SMILES string of the molecule is CSCCC(C)NC(=O)N1CCOCC1C(=O)O. The Labute approximate surface area is 111 Å². The quantitative estimate of drug-likeness (QED) is 0.769. The normalized spacial score (nSPS) is 21.4. The zero-order chi connectivity index (χ0) is 13.5. The molecule has 1 heterocycles. The average molecular weight is 276 g/mol. The highest BCUT2D eigenvalue weighted by atomic mass is 32.2. The van der Waals surface area contributed by atoms with Crippen molar-refractivity contribution in [3.05, 3.63) is 0 Å². The first-order valence-corrected chi connectivity index (χ1v) is 7.32.